The van der Waals surface area contributed by atoms with Crippen LogP contribution in [0, 0.1) is 0 Å². The van der Waals surface area contributed by atoms with Gasteiger partial charge in [0.1, 0.15) is 6.54 Å². The van der Waals surface area contributed by atoms with Gasteiger partial charge in [0.2, 0.25) is 5.91 Å². The van der Waals surface area contributed by atoms with Gasteiger partial charge in [-0.05, 0) is 55.4 Å². The molecule has 140 valence electrons. The van der Waals surface area contributed by atoms with Gasteiger partial charge in [-0.15, -0.1) is 5.10 Å². The lowest BCUT2D eigenvalue weighted by Gasteiger charge is -2.25. The third-order valence-corrected chi connectivity index (χ3v) is 5.04. The first-order chi connectivity index (χ1) is 12.6. The summed E-state index contributed by atoms with van der Waals surface area (Å²) < 4.78 is 1.62. The summed E-state index contributed by atoms with van der Waals surface area (Å²) in [6.45, 7) is 4.94. The van der Waals surface area contributed by atoms with Gasteiger partial charge in [-0.3, -0.25) is 14.7 Å². The van der Waals surface area contributed by atoms with Gasteiger partial charge in [0, 0.05) is 13.2 Å². The highest BCUT2D eigenvalue weighted by Gasteiger charge is 2.21. The zero-order valence-corrected chi connectivity index (χ0v) is 15.6. The van der Waals surface area contributed by atoms with Gasteiger partial charge in [0.05, 0.1) is 18.3 Å². The molecular weight excluding hydrogens is 330 g/mol. The molecule has 0 radical (unpaired) electrons. The maximum Gasteiger partial charge on any atom is 0.244 e. The lowest BCUT2D eigenvalue weighted by molar-refractivity contribution is -0.132. The highest BCUT2D eigenvalue weighted by atomic mass is 16.2. The minimum absolute atomic E-state index is 0.0347. The van der Waals surface area contributed by atoms with Crippen LogP contribution in [-0.2, 0) is 17.9 Å². The summed E-state index contributed by atoms with van der Waals surface area (Å²) in [4.78, 5) is 21.1. The second kappa shape index (κ2) is 8.84. The number of likely N-dealkylation sites (N-methyl/N-ethyl adjacent to an activating group) is 1. The van der Waals surface area contributed by atoms with Crippen LogP contribution in [0.5, 0.6) is 0 Å². The number of tetrazole rings is 1. The molecule has 1 fully saturated rings. The Morgan fingerprint density at radius 1 is 1.23 bits per heavy atom. The third-order valence-electron chi connectivity index (χ3n) is 5.04. The number of hydrogen-bond donors (Lipinski definition) is 0. The average Bonchev–Trinajstić information content (AvgIpc) is 2.93. The monoisotopic (exact) mass is 357 g/mol. The summed E-state index contributed by atoms with van der Waals surface area (Å²) in [6, 6.07) is 5.62. The molecule has 3 rings (SSSR count). The van der Waals surface area contributed by atoms with Crippen LogP contribution in [-0.4, -0.2) is 61.0 Å². The van der Waals surface area contributed by atoms with Crippen LogP contribution >= 0.6 is 0 Å². The van der Waals surface area contributed by atoms with Crippen molar-refractivity contribution < 1.29 is 4.79 Å². The third kappa shape index (κ3) is 4.63. The Balaban J connectivity index is 1.61. The van der Waals surface area contributed by atoms with E-state index in [1.165, 1.54) is 25.7 Å². The predicted molar refractivity (Wildman–Crippen MR) is 97.0 cm³/mol. The molecule has 0 N–H and O–H groups in total. The van der Waals surface area contributed by atoms with Crippen LogP contribution in [0.1, 0.15) is 50.2 Å². The second-order valence-electron chi connectivity index (χ2n) is 6.88. The zero-order chi connectivity index (χ0) is 18.4. The van der Waals surface area contributed by atoms with Crippen LogP contribution in [0.25, 0.3) is 0 Å². The normalized spacial score (nSPS) is 16.8. The first-order valence-electron chi connectivity index (χ1n) is 9.29. The van der Waals surface area contributed by atoms with Gasteiger partial charge in [-0.1, -0.05) is 18.9 Å². The summed E-state index contributed by atoms with van der Waals surface area (Å²) in [5, 5.41) is 11.9. The van der Waals surface area contributed by atoms with E-state index in [4.69, 9.17) is 0 Å². The number of carbonyl (C=O) groups excluding carboxylic acids is 1. The lowest BCUT2D eigenvalue weighted by atomic mass is 10.2. The summed E-state index contributed by atoms with van der Waals surface area (Å²) in [7, 11) is 1.79. The highest BCUT2D eigenvalue weighted by Crippen LogP contribution is 2.17. The van der Waals surface area contributed by atoms with Crippen molar-refractivity contribution in [3.63, 3.8) is 0 Å². The molecule has 26 heavy (non-hydrogen) atoms. The van der Waals surface area contributed by atoms with E-state index in [1.807, 2.05) is 25.1 Å². The van der Waals surface area contributed by atoms with Crippen molar-refractivity contribution >= 4 is 5.91 Å². The topological polar surface area (TPSA) is 80.0 Å². The Bertz CT molecular complexity index is 695. The standard InChI is InChI=1S/C18H27N7O/c1-15(16-9-5-6-10-19-16)23(2)18(26)14-25-17(20-21-22-25)13-24-11-7-3-4-8-12-24/h5-6,9-10,15H,3-4,7-8,11-14H2,1-2H3. The van der Waals surface area contributed by atoms with Crippen molar-refractivity contribution in [1.29, 1.82) is 0 Å². The van der Waals surface area contributed by atoms with Gasteiger partial charge >= 0.3 is 0 Å². The maximum absolute atomic E-state index is 12.7. The number of pyridine rings is 1. The molecule has 3 heterocycles. The van der Waals surface area contributed by atoms with Crippen molar-refractivity contribution in [2.45, 2.75) is 51.7 Å². The van der Waals surface area contributed by atoms with Gasteiger partial charge in [-0.2, -0.15) is 0 Å². The molecule has 0 saturated carbocycles. The second-order valence-corrected chi connectivity index (χ2v) is 6.88. The molecule has 2 aromatic heterocycles. The molecule has 1 amide bonds. The Hall–Kier alpha value is -2.35. The number of amides is 1. The van der Waals surface area contributed by atoms with Crippen LogP contribution in [0.15, 0.2) is 24.4 Å². The fourth-order valence-corrected chi connectivity index (χ4v) is 3.23. The number of rotatable bonds is 6. The van der Waals surface area contributed by atoms with E-state index >= 15 is 0 Å². The molecule has 1 saturated heterocycles. The molecule has 0 aliphatic carbocycles. The zero-order valence-electron chi connectivity index (χ0n) is 15.6. The SMILES string of the molecule is CC(c1ccccn1)N(C)C(=O)Cn1nnnc1CN1CCCCCC1. The Morgan fingerprint density at radius 2 is 2.00 bits per heavy atom. The molecule has 1 aliphatic heterocycles. The largest absolute Gasteiger partial charge is 0.336 e. The van der Waals surface area contributed by atoms with Gasteiger partial charge in [0.15, 0.2) is 5.82 Å². The summed E-state index contributed by atoms with van der Waals surface area (Å²) in [5.41, 5.74) is 0.866. The molecule has 0 spiro atoms. The van der Waals surface area contributed by atoms with Crippen LogP contribution in [0.2, 0.25) is 0 Å². The van der Waals surface area contributed by atoms with Gasteiger partial charge in [0.25, 0.3) is 0 Å². The Kier molecular flexibility index (Phi) is 6.27. The molecule has 8 nitrogen and oxygen atoms in total. The van der Waals surface area contributed by atoms with Gasteiger partial charge < -0.3 is 4.90 Å². The summed E-state index contributed by atoms with van der Waals surface area (Å²) in [6.07, 6.45) is 6.74. The fraction of sp³-hybridized carbons (Fsp3) is 0.611. The molecule has 8 heteroatoms. The van der Waals surface area contributed by atoms with Crippen LogP contribution in [0.4, 0.5) is 0 Å². The quantitative estimate of drug-likeness (QED) is 0.782. The van der Waals surface area contributed by atoms with E-state index in [0.717, 1.165) is 24.6 Å². The number of hydrogen-bond acceptors (Lipinski definition) is 6. The molecule has 0 bridgehead atoms. The Labute approximate surface area is 154 Å². The molecule has 0 aromatic carbocycles. The Morgan fingerprint density at radius 3 is 2.69 bits per heavy atom. The van der Waals surface area contributed by atoms with Crippen molar-refractivity contribution in [2.24, 2.45) is 0 Å². The smallest absolute Gasteiger partial charge is 0.244 e. The molecule has 2 aromatic rings. The first kappa shape index (κ1) is 18.4. The number of aromatic nitrogens is 5. The van der Waals surface area contributed by atoms with E-state index in [2.05, 4.69) is 25.4 Å². The van der Waals surface area contributed by atoms with Crippen molar-refractivity contribution in [3.8, 4) is 0 Å². The number of nitrogens with zero attached hydrogens (tertiary/aromatic N) is 7. The fourth-order valence-electron chi connectivity index (χ4n) is 3.23. The van der Waals surface area contributed by atoms with Crippen molar-refractivity contribution in [3.05, 3.63) is 35.9 Å². The van der Waals surface area contributed by atoms with E-state index < -0.39 is 0 Å². The van der Waals surface area contributed by atoms with Crippen LogP contribution < -0.4 is 0 Å². The lowest BCUT2D eigenvalue weighted by Crippen LogP contribution is -2.34. The highest BCUT2D eigenvalue weighted by molar-refractivity contribution is 5.76. The first-order valence-corrected chi connectivity index (χ1v) is 9.29. The number of carbonyl (C=O) groups is 1. The minimum Gasteiger partial charge on any atom is -0.336 e. The van der Waals surface area contributed by atoms with E-state index in [9.17, 15) is 4.79 Å². The van der Waals surface area contributed by atoms with Crippen LogP contribution in [0.3, 0.4) is 0 Å². The predicted octanol–water partition coefficient (Wildman–Crippen LogP) is 1.66. The van der Waals surface area contributed by atoms with Gasteiger partial charge in [-0.25, -0.2) is 4.68 Å². The van der Waals surface area contributed by atoms with E-state index in [0.29, 0.717) is 6.54 Å². The molecule has 1 unspecified atom stereocenters. The van der Waals surface area contributed by atoms with E-state index in [-0.39, 0.29) is 18.5 Å². The minimum atomic E-state index is -0.103. The summed E-state index contributed by atoms with van der Waals surface area (Å²) in [5.74, 6) is 0.715. The molecular formula is C18H27N7O. The molecule has 1 atom stereocenters. The number of likely N-dealkylation sites (tertiary alicyclic amines) is 1. The summed E-state index contributed by atoms with van der Waals surface area (Å²) >= 11 is 0. The molecule has 1 aliphatic rings. The maximum atomic E-state index is 12.7. The average molecular weight is 357 g/mol. The van der Waals surface area contributed by atoms with Crippen molar-refractivity contribution in [2.75, 3.05) is 20.1 Å². The van der Waals surface area contributed by atoms with Crippen molar-refractivity contribution in [1.82, 2.24) is 35.0 Å². The van der Waals surface area contributed by atoms with E-state index in [1.54, 1.807) is 22.8 Å².